The minimum atomic E-state index is -0.641. The van der Waals surface area contributed by atoms with Crippen molar-refractivity contribution in [3.05, 3.63) is 17.6 Å². The third-order valence-corrected chi connectivity index (χ3v) is 3.99. The van der Waals surface area contributed by atoms with E-state index in [1.54, 1.807) is 0 Å². The van der Waals surface area contributed by atoms with Gasteiger partial charge in [-0.2, -0.15) is 0 Å². The molecule has 2 rings (SSSR count). The Balaban J connectivity index is 2.12. The van der Waals surface area contributed by atoms with Crippen molar-refractivity contribution in [2.45, 2.75) is 59.1 Å². The van der Waals surface area contributed by atoms with Gasteiger partial charge in [-0.15, -0.1) is 0 Å². The number of hydrogen-bond donors (Lipinski definition) is 1. The predicted octanol–water partition coefficient (Wildman–Crippen LogP) is 2.19. The molecule has 0 spiro atoms. The van der Waals surface area contributed by atoms with Crippen LogP contribution in [-0.4, -0.2) is 57.8 Å². The number of nitrogens with zero attached hydrogens (tertiary/aromatic N) is 4. The smallest absolute Gasteiger partial charge is 0.133 e. The van der Waals surface area contributed by atoms with E-state index in [1.165, 1.54) is 0 Å². The van der Waals surface area contributed by atoms with Crippen LogP contribution in [0.25, 0.3) is 0 Å². The quantitative estimate of drug-likeness (QED) is 0.924. The second-order valence-electron chi connectivity index (χ2n) is 7.47. The molecular formula is C17H30N4O. The van der Waals surface area contributed by atoms with Crippen molar-refractivity contribution in [3.63, 3.8) is 0 Å². The van der Waals surface area contributed by atoms with Crippen LogP contribution in [0.1, 0.15) is 52.1 Å². The van der Waals surface area contributed by atoms with Crippen molar-refractivity contribution in [1.29, 1.82) is 0 Å². The summed E-state index contributed by atoms with van der Waals surface area (Å²) < 4.78 is 0. The molecule has 22 heavy (non-hydrogen) atoms. The molecule has 0 amide bonds. The van der Waals surface area contributed by atoms with E-state index in [9.17, 15) is 5.11 Å². The molecule has 1 fully saturated rings. The van der Waals surface area contributed by atoms with Crippen molar-refractivity contribution >= 4 is 5.82 Å². The molecule has 0 saturated carbocycles. The zero-order chi connectivity index (χ0) is 16.5. The summed E-state index contributed by atoms with van der Waals surface area (Å²) in [5.41, 5.74) is 0.387. The predicted molar refractivity (Wildman–Crippen MR) is 90.4 cm³/mol. The SMILES string of the molecule is Cc1cc(N2CCN(CC(C)(C)O)CC2C)nc(C(C)C)n1. The molecule has 1 atom stereocenters. The Bertz CT molecular complexity index is 510. The summed E-state index contributed by atoms with van der Waals surface area (Å²) in [4.78, 5) is 14.0. The van der Waals surface area contributed by atoms with Gasteiger partial charge in [0.25, 0.3) is 0 Å². The summed E-state index contributed by atoms with van der Waals surface area (Å²) in [5.74, 6) is 2.29. The van der Waals surface area contributed by atoms with E-state index in [0.717, 1.165) is 37.0 Å². The normalized spacial score (nSPS) is 20.7. The third kappa shape index (κ3) is 4.40. The van der Waals surface area contributed by atoms with Crippen molar-refractivity contribution in [1.82, 2.24) is 14.9 Å². The Labute approximate surface area is 134 Å². The third-order valence-electron chi connectivity index (χ3n) is 3.99. The van der Waals surface area contributed by atoms with Gasteiger partial charge in [0.15, 0.2) is 0 Å². The molecule has 0 aliphatic carbocycles. The second-order valence-corrected chi connectivity index (χ2v) is 7.47. The number of anilines is 1. The zero-order valence-electron chi connectivity index (χ0n) is 14.8. The van der Waals surface area contributed by atoms with Gasteiger partial charge in [0.2, 0.25) is 0 Å². The monoisotopic (exact) mass is 306 g/mol. The van der Waals surface area contributed by atoms with Crippen molar-refractivity contribution in [3.8, 4) is 0 Å². The second kappa shape index (κ2) is 6.50. The lowest BCUT2D eigenvalue weighted by Gasteiger charge is -2.42. The van der Waals surface area contributed by atoms with Crippen LogP contribution in [0.5, 0.6) is 0 Å². The number of β-amino-alcohol motifs (C(OH)–C–C–N with tert-alkyl or cyclic N) is 1. The first-order valence-electron chi connectivity index (χ1n) is 8.22. The highest BCUT2D eigenvalue weighted by Crippen LogP contribution is 2.22. The molecule has 0 aromatic carbocycles. The highest BCUT2D eigenvalue weighted by atomic mass is 16.3. The van der Waals surface area contributed by atoms with E-state index in [0.29, 0.717) is 18.5 Å². The van der Waals surface area contributed by atoms with Crippen LogP contribution >= 0.6 is 0 Å². The average Bonchev–Trinajstić information content (AvgIpc) is 2.35. The van der Waals surface area contributed by atoms with Gasteiger partial charge >= 0.3 is 0 Å². The molecule has 0 radical (unpaired) electrons. The maximum absolute atomic E-state index is 10.00. The molecule has 1 unspecified atom stereocenters. The first-order valence-corrected chi connectivity index (χ1v) is 8.22. The summed E-state index contributed by atoms with van der Waals surface area (Å²) >= 11 is 0. The first kappa shape index (κ1) is 17.2. The Morgan fingerprint density at radius 3 is 2.55 bits per heavy atom. The van der Waals surface area contributed by atoms with E-state index < -0.39 is 5.60 Å². The fourth-order valence-corrected chi connectivity index (χ4v) is 3.04. The van der Waals surface area contributed by atoms with Crippen LogP contribution in [0.15, 0.2) is 6.07 Å². The van der Waals surface area contributed by atoms with E-state index in [-0.39, 0.29) is 0 Å². The number of rotatable bonds is 4. The van der Waals surface area contributed by atoms with Gasteiger partial charge < -0.3 is 10.0 Å². The molecule has 2 heterocycles. The maximum atomic E-state index is 10.00. The molecule has 1 aliphatic rings. The number of piperazine rings is 1. The van der Waals surface area contributed by atoms with Gasteiger partial charge in [0, 0.05) is 49.9 Å². The summed E-state index contributed by atoms with van der Waals surface area (Å²) in [7, 11) is 0. The lowest BCUT2D eigenvalue weighted by molar-refractivity contribution is 0.0307. The van der Waals surface area contributed by atoms with Gasteiger partial charge in [0.05, 0.1) is 5.60 Å². The molecule has 1 aromatic heterocycles. The van der Waals surface area contributed by atoms with Gasteiger partial charge in [0.1, 0.15) is 11.6 Å². The van der Waals surface area contributed by atoms with Crippen molar-refractivity contribution in [2.75, 3.05) is 31.1 Å². The molecule has 1 saturated heterocycles. The standard InChI is InChI=1S/C17H30N4O/c1-12(2)16-18-13(3)9-15(19-16)21-8-7-20(10-14(21)4)11-17(5,6)22/h9,12,14,22H,7-8,10-11H2,1-6H3. The Morgan fingerprint density at radius 2 is 2.00 bits per heavy atom. The van der Waals surface area contributed by atoms with Crippen LogP contribution in [0, 0.1) is 6.92 Å². The number of aromatic nitrogens is 2. The highest BCUT2D eigenvalue weighted by molar-refractivity contribution is 5.42. The minimum Gasteiger partial charge on any atom is -0.389 e. The minimum absolute atomic E-state index is 0.338. The Kier molecular flexibility index (Phi) is 5.07. The van der Waals surface area contributed by atoms with E-state index in [2.05, 4.69) is 41.6 Å². The van der Waals surface area contributed by atoms with Crippen molar-refractivity contribution < 1.29 is 5.11 Å². The fourth-order valence-electron chi connectivity index (χ4n) is 3.04. The molecule has 1 N–H and O–H groups in total. The van der Waals surface area contributed by atoms with Crippen molar-refractivity contribution in [2.24, 2.45) is 0 Å². The summed E-state index contributed by atoms with van der Waals surface area (Å²) in [5, 5.41) is 10.00. The number of hydrogen-bond acceptors (Lipinski definition) is 5. The van der Waals surface area contributed by atoms with E-state index in [4.69, 9.17) is 4.98 Å². The van der Waals surface area contributed by atoms with Crippen LogP contribution in [0.4, 0.5) is 5.82 Å². The molecule has 124 valence electrons. The molecule has 1 aromatic rings. The van der Waals surface area contributed by atoms with Gasteiger partial charge in [-0.25, -0.2) is 9.97 Å². The average molecular weight is 306 g/mol. The topological polar surface area (TPSA) is 52.5 Å². The Hall–Kier alpha value is -1.20. The van der Waals surface area contributed by atoms with Gasteiger partial charge in [-0.3, -0.25) is 4.90 Å². The summed E-state index contributed by atoms with van der Waals surface area (Å²) in [6.45, 7) is 15.8. The van der Waals surface area contributed by atoms with Crippen LogP contribution in [0.2, 0.25) is 0 Å². The summed E-state index contributed by atoms with van der Waals surface area (Å²) in [6, 6.07) is 2.46. The van der Waals surface area contributed by atoms with Crippen LogP contribution in [-0.2, 0) is 0 Å². The van der Waals surface area contributed by atoms with Gasteiger partial charge in [-0.1, -0.05) is 13.8 Å². The zero-order valence-corrected chi connectivity index (χ0v) is 14.8. The summed E-state index contributed by atoms with van der Waals surface area (Å²) in [6.07, 6.45) is 0. The number of aryl methyl sites for hydroxylation is 1. The number of aliphatic hydroxyl groups is 1. The van der Waals surface area contributed by atoms with Gasteiger partial charge in [-0.05, 0) is 27.7 Å². The molecule has 5 nitrogen and oxygen atoms in total. The fraction of sp³-hybridized carbons (Fsp3) is 0.765. The first-order chi connectivity index (χ1) is 10.2. The van der Waals surface area contributed by atoms with Crippen LogP contribution < -0.4 is 4.90 Å². The molecule has 0 bridgehead atoms. The van der Waals surface area contributed by atoms with E-state index >= 15 is 0 Å². The lowest BCUT2D eigenvalue weighted by atomic mass is 10.1. The molecule has 1 aliphatic heterocycles. The molecular weight excluding hydrogens is 276 g/mol. The Morgan fingerprint density at radius 1 is 1.32 bits per heavy atom. The molecule has 5 heteroatoms. The highest BCUT2D eigenvalue weighted by Gasteiger charge is 2.28. The van der Waals surface area contributed by atoms with Crippen LogP contribution in [0.3, 0.4) is 0 Å². The largest absolute Gasteiger partial charge is 0.389 e. The lowest BCUT2D eigenvalue weighted by Crippen LogP contribution is -2.55. The maximum Gasteiger partial charge on any atom is 0.133 e. The van der Waals surface area contributed by atoms with E-state index in [1.807, 2.05) is 20.8 Å².